The quantitative estimate of drug-likeness (QED) is 0.436. The first kappa shape index (κ1) is 22.1. The number of halogens is 8. The molecule has 0 spiro atoms. The Morgan fingerprint density at radius 1 is 1.07 bits per heavy atom. The van der Waals surface area contributed by atoms with Gasteiger partial charge in [0.05, 0.1) is 23.7 Å². The van der Waals surface area contributed by atoms with Crippen LogP contribution in [0.1, 0.15) is 25.0 Å². The Balaban J connectivity index is 2.18. The minimum Gasteiger partial charge on any atom is -0.460 e. The van der Waals surface area contributed by atoms with E-state index in [1.807, 2.05) is 0 Å². The Hall–Kier alpha value is -2.17. The smallest absolute Gasteiger partial charge is 0.442 e. The van der Waals surface area contributed by atoms with Crippen LogP contribution in [0, 0.1) is 40.5 Å². The van der Waals surface area contributed by atoms with E-state index in [-0.39, 0.29) is 6.08 Å². The summed E-state index contributed by atoms with van der Waals surface area (Å²) in [4.78, 5) is 12.0. The summed E-state index contributed by atoms with van der Waals surface area (Å²) in [6.45, 7) is 0.127. The highest BCUT2D eigenvalue weighted by Gasteiger charge is 2.62. The largest absolute Gasteiger partial charge is 0.460 e. The summed E-state index contributed by atoms with van der Waals surface area (Å²) in [5.41, 5.74) is -3.65. The van der Waals surface area contributed by atoms with Crippen LogP contribution in [0.2, 0.25) is 0 Å². The van der Waals surface area contributed by atoms with Crippen LogP contribution in [0.25, 0.3) is 0 Å². The van der Waals surface area contributed by atoms with Gasteiger partial charge in [-0.1, -0.05) is 13.8 Å². The molecule has 2 atom stereocenters. The number of aliphatic hydroxyl groups excluding tert-OH is 1. The number of hydrogen-bond donors (Lipinski definition) is 1. The molecule has 0 radical (unpaired) electrons. The average Bonchev–Trinajstić information content (AvgIpc) is 3.13. The first-order valence-corrected chi connectivity index (χ1v) is 7.80. The molecular formula is C17H14F8O3. The van der Waals surface area contributed by atoms with E-state index in [1.54, 1.807) is 0 Å². The highest BCUT2D eigenvalue weighted by Crippen LogP contribution is 2.60. The van der Waals surface area contributed by atoms with Gasteiger partial charge in [-0.3, -0.25) is 4.79 Å². The molecule has 0 heterocycles. The number of ether oxygens (including phenoxy) is 1. The number of carbonyl (C=O) groups excluding carboxylic acids is 1. The fourth-order valence-corrected chi connectivity index (χ4v) is 2.91. The van der Waals surface area contributed by atoms with Crippen molar-refractivity contribution in [3.63, 3.8) is 0 Å². The van der Waals surface area contributed by atoms with Crippen LogP contribution in [0.5, 0.6) is 0 Å². The van der Waals surface area contributed by atoms with Crippen LogP contribution in [0.15, 0.2) is 11.9 Å². The van der Waals surface area contributed by atoms with Gasteiger partial charge < -0.3 is 9.84 Å². The molecule has 1 aromatic rings. The highest BCUT2D eigenvalue weighted by molar-refractivity contribution is 5.78. The highest BCUT2D eigenvalue weighted by atomic mass is 19.4. The van der Waals surface area contributed by atoms with E-state index < -0.39 is 82.8 Å². The minimum atomic E-state index is -5.23. The van der Waals surface area contributed by atoms with Gasteiger partial charge in [-0.15, -0.1) is 0 Å². The molecule has 156 valence electrons. The van der Waals surface area contributed by atoms with E-state index in [4.69, 9.17) is 5.11 Å². The van der Waals surface area contributed by atoms with Gasteiger partial charge in [0.2, 0.25) is 0 Å². The summed E-state index contributed by atoms with van der Waals surface area (Å²) >= 11 is 0. The molecule has 0 amide bonds. The number of aliphatic hydroxyl groups is 1. The summed E-state index contributed by atoms with van der Waals surface area (Å²) in [5, 5.41) is 8.74. The first-order chi connectivity index (χ1) is 12.7. The predicted octanol–water partition coefficient (Wildman–Crippen LogP) is 4.47. The third kappa shape index (κ3) is 3.85. The zero-order valence-electron chi connectivity index (χ0n) is 14.4. The van der Waals surface area contributed by atoms with Gasteiger partial charge >= 0.3 is 12.1 Å². The molecule has 1 aliphatic rings. The van der Waals surface area contributed by atoms with E-state index in [0.717, 1.165) is 0 Å². The topological polar surface area (TPSA) is 46.5 Å². The standard InChI is InChI=1S/C17H14F8O3/c1-16(2)8(3-9(18)17(23,24)25)10(16)15(27)28-5-7-13(21)11(19)6(4-26)12(20)14(7)22/h3,8,10,26H,4-5H2,1-2H3/b9-3-/t8-,10-/m1/s1. The average molecular weight is 418 g/mol. The van der Waals surface area contributed by atoms with Gasteiger partial charge in [-0.2, -0.15) is 13.2 Å². The Bertz CT molecular complexity index is 800. The van der Waals surface area contributed by atoms with Crippen molar-refractivity contribution in [2.75, 3.05) is 0 Å². The van der Waals surface area contributed by atoms with E-state index in [9.17, 15) is 39.9 Å². The summed E-state index contributed by atoms with van der Waals surface area (Å²) in [6, 6.07) is 0. The molecule has 1 aliphatic carbocycles. The molecule has 1 N–H and O–H groups in total. The Morgan fingerprint density at radius 3 is 1.96 bits per heavy atom. The lowest BCUT2D eigenvalue weighted by atomic mass is 10.1. The molecule has 3 nitrogen and oxygen atoms in total. The maximum atomic E-state index is 13.8. The monoisotopic (exact) mass is 418 g/mol. The Morgan fingerprint density at radius 2 is 1.54 bits per heavy atom. The van der Waals surface area contributed by atoms with Gasteiger partial charge in [-0.05, 0) is 17.4 Å². The molecular weight excluding hydrogens is 404 g/mol. The maximum Gasteiger partial charge on any atom is 0.442 e. The number of esters is 1. The molecule has 0 aromatic heterocycles. The second kappa shape index (κ2) is 7.34. The van der Waals surface area contributed by atoms with Gasteiger partial charge in [-0.25, -0.2) is 22.0 Å². The summed E-state index contributed by atoms with van der Waals surface area (Å²) in [7, 11) is 0. The van der Waals surface area contributed by atoms with E-state index >= 15 is 0 Å². The number of allylic oxidation sites excluding steroid dienone is 2. The molecule has 11 heteroatoms. The van der Waals surface area contributed by atoms with Crippen LogP contribution in [0.4, 0.5) is 35.1 Å². The Labute approximate surface area is 153 Å². The zero-order valence-corrected chi connectivity index (χ0v) is 14.4. The molecule has 1 saturated carbocycles. The third-order valence-corrected chi connectivity index (χ3v) is 4.72. The normalized spacial score (nSPS) is 21.6. The number of alkyl halides is 3. The predicted molar refractivity (Wildman–Crippen MR) is 78.0 cm³/mol. The molecule has 0 unspecified atom stereocenters. The lowest BCUT2D eigenvalue weighted by molar-refractivity contribution is -0.147. The SMILES string of the molecule is CC1(C)[C@H](/C=C(\F)C(F)(F)F)[C@@H]1C(=O)OCc1c(F)c(F)c(CO)c(F)c1F. The van der Waals surface area contributed by atoms with Gasteiger partial charge in [0.1, 0.15) is 6.61 Å². The first-order valence-electron chi connectivity index (χ1n) is 7.80. The van der Waals surface area contributed by atoms with Crippen LogP contribution in [-0.4, -0.2) is 17.3 Å². The van der Waals surface area contributed by atoms with E-state index in [1.165, 1.54) is 13.8 Å². The molecule has 1 fully saturated rings. The third-order valence-electron chi connectivity index (χ3n) is 4.72. The fourth-order valence-electron chi connectivity index (χ4n) is 2.91. The summed E-state index contributed by atoms with van der Waals surface area (Å²) in [6.07, 6.45) is -5.02. The van der Waals surface area contributed by atoms with Crippen LogP contribution < -0.4 is 0 Å². The maximum absolute atomic E-state index is 13.8. The summed E-state index contributed by atoms with van der Waals surface area (Å²) < 4.78 is 109. The Kier molecular flexibility index (Phi) is 5.80. The van der Waals surface area contributed by atoms with Crippen molar-refractivity contribution in [1.82, 2.24) is 0 Å². The molecule has 2 rings (SSSR count). The fraction of sp³-hybridized carbons (Fsp3) is 0.471. The van der Waals surface area contributed by atoms with Gasteiger partial charge in [0.25, 0.3) is 0 Å². The zero-order chi connectivity index (χ0) is 21.6. The van der Waals surface area contributed by atoms with Crippen molar-refractivity contribution in [2.45, 2.75) is 33.2 Å². The van der Waals surface area contributed by atoms with Crippen LogP contribution in [0.3, 0.4) is 0 Å². The van der Waals surface area contributed by atoms with Crippen LogP contribution >= 0.6 is 0 Å². The molecule has 0 saturated heterocycles. The van der Waals surface area contributed by atoms with Crippen molar-refractivity contribution in [3.8, 4) is 0 Å². The van der Waals surface area contributed by atoms with E-state index in [2.05, 4.69) is 4.74 Å². The van der Waals surface area contributed by atoms with Gasteiger partial charge in [0, 0.05) is 0 Å². The second-order valence-electron chi connectivity index (χ2n) is 6.82. The summed E-state index contributed by atoms with van der Waals surface area (Å²) in [5.74, 6) is -13.6. The molecule has 1 aromatic carbocycles. The molecule has 0 bridgehead atoms. The van der Waals surface area contributed by atoms with E-state index in [0.29, 0.717) is 0 Å². The van der Waals surface area contributed by atoms with Crippen molar-refractivity contribution in [3.05, 3.63) is 46.3 Å². The lowest BCUT2D eigenvalue weighted by Gasteiger charge is -2.11. The van der Waals surface area contributed by atoms with Crippen molar-refractivity contribution in [1.29, 1.82) is 0 Å². The van der Waals surface area contributed by atoms with Crippen molar-refractivity contribution in [2.24, 2.45) is 17.3 Å². The van der Waals surface area contributed by atoms with Crippen LogP contribution in [-0.2, 0) is 22.7 Å². The number of benzene rings is 1. The number of carbonyl (C=O) groups is 1. The molecule has 28 heavy (non-hydrogen) atoms. The van der Waals surface area contributed by atoms with Crippen molar-refractivity contribution >= 4 is 5.97 Å². The minimum absolute atomic E-state index is 0.211. The molecule has 0 aliphatic heterocycles. The van der Waals surface area contributed by atoms with Gasteiger partial charge in [0.15, 0.2) is 29.1 Å². The lowest BCUT2D eigenvalue weighted by Crippen LogP contribution is -2.15. The second-order valence-corrected chi connectivity index (χ2v) is 6.82. The van der Waals surface area contributed by atoms with Crippen molar-refractivity contribution < 1.29 is 49.8 Å². The number of hydrogen-bond acceptors (Lipinski definition) is 3. The number of rotatable bonds is 5.